The zero-order valence-electron chi connectivity index (χ0n) is 11.1. The van der Waals surface area contributed by atoms with E-state index in [0.717, 1.165) is 17.8 Å². The molecular weight excluding hydrogens is 231 g/mol. The Morgan fingerprint density at radius 3 is 2.89 bits per heavy atom. The first-order valence-corrected chi connectivity index (χ1v) is 6.43. The summed E-state index contributed by atoms with van der Waals surface area (Å²) in [6.07, 6.45) is 2.48. The highest BCUT2D eigenvalue weighted by Gasteiger charge is 2.27. The van der Waals surface area contributed by atoms with Gasteiger partial charge < -0.3 is 15.0 Å². The largest absolute Gasteiger partial charge is 0.383 e. The van der Waals surface area contributed by atoms with Crippen molar-refractivity contribution in [3.8, 4) is 0 Å². The van der Waals surface area contributed by atoms with Gasteiger partial charge in [-0.1, -0.05) is 0 Å². The molecule has 0 aliphatic heterocycles. The maximum absolute atomic E-state index is 13.3. The molecule has 18 heavy (non-hydrogen) atoms. The van der Waals surface area contributed by atoms with Crippen LogP contribution in [0.4, 0.5) is 10.1 Å². The Balaban J connectivity index is 2.03. The average molecular weight is 252 g/mol. The monoisotopic (exact) mass is 252 g/mol. The highest BCUT2D eigenvalue weighted by Crippen LogP contribution is 2.32. The number of nitrogens with zero attached hydrogens (tertiary/aromatic N) is 1. The molecule has 0 heterocycles. The van der Waals surface area contributed by atoms with Crippen molar-refractivity contribution in [1.82, 2.24) is 5.32 Å². The molecule has 1 aliphatic carbocycles. The Labute approximate surface area is 108 Å². The molecule has 0 saturated heterocycles. The Morgan fingerprint density at radius 2 is 2.22 bits per heavy atom. The van der Waals surface area contributed by atoms with Gasteiger partial charge in [0.1, 0.15) is 5.82 Å². The Bertz CT molecular complexity index is 393. The second-order valence-corrected chi connectivity index (χ2v) is 4.78. The topological polar surface area (TPSA) is 24.5 Å². The van der Waals surface area contributed by atoms with Crippen LogP contribution in [0.5, 0.6) is 0 Å². The number of methoxy groups -OCH3 is 1. The quantitative estimate of drug-likeness (QED) is 0.753. The number of anilines is 1. The van der Waals surface area contributed by atoms with Crippen molar-refractivity contribution in [2.75, 3.05) is 32.2 Å². The molecular formula is C14H21FN2O. The lowest BCUT2D eigenvalue weighted by Gasteiger charge is -2.22. The van der Waals surface area contributed by atoms with E-state index < -0.39 is 0 Å². The Morgan fingerprint density at radius 1 is 1.44 bits per heavy atom. The van der Waals surface area contributed by atoms with Crippen LogP contribution in [0.2, 0.25) is 0 Å². The molecule has 1 aromatic rings. The average Bonchev–Trinajstić information content (AvgIpc) is 3.18. The molecule has 3 nitrogen and oxygen atoms in total. The van der Waals surface area contributed by atoms with Crippen molar-refractivity contribution in [2.45, 2.75) is 25.4 Å². The molecule has 0 radical (unpaired) electrons. The zero-order chi connectivity index (χ0) is 13.0. The summed E-state index contributed by atoms with van der Waals surface area (Å²) in [5, 5.41) is 3.27. The lowest BCUT2D eigenvalue weighted by atomic mass is 10.1. The number of ether oxygens (including phenoxy) is 1. The van der Waals surface area contributed by atoms with Crippen LogP contribution >= 0.6 is 0 Å². The van der Waals surface area contributed by atoms with E-state index in [1.807, 2.05) is 6.07 Å². The van der Waals surface area contributed by atoms with E-state index in [9.17, 15) is 4.39 Å². The standard InChI is InChI=1S/C14H21FN2O/c1-17(13-4-5-13)14-6-3-12(15)9-11(14)10-16-7-8-18-2/h3,6,9,13,16H,4-5,7-8,10H2,1-2H3. The summed E-state index contributed by atoms with van der Waals surface area (Å²) < 4.78 is 18.3. The highest BCUT2D eigenvalue weighted by molar-refractivity contribution is 5.54. The van der Waals surface area contributed by atoms with E-state index >= 15 is 0 Å². The van der Waals surface area contributed by atoms with Gasteiger partial charge in [-0.05, 0) is 36.6 Å². The molecule has 0 aromatic heterocycles. The van der Waals surface area contributed by atoms with Gasteiger partial charge in [-0.3, -0.25) is 0 Å². The van der Waals surface area contributed by atoms with Crippen LogP contribution < -0.4 is 10.2 Å². The molecule has 4 heteroatoms. The van der Waals surface area contributed by atoms with Gasteiger partial charge in [-0.25, -0.2) is 4.39 Å². The lowest BCUT2D eigenvalue weighted by Crippen LogP contribution is -2.24. The third kappa shape index (κ3) is 3.43. The fraction of sp³-hybridized carbons (Fsp3) is 0.571. The summed E-state index contributed by atoms with van der Waals surface area (Å²) in [5.41, 5.74) is 2.14. The fourth-order valence-corrected chi connectivity index (χ4v) is 2.10. The molecule has 0 atom stereocenters. The number of halogens is 1. The number of rotatable bonds is 7. The summed E-state index contributed by atoms with van der Waals surface area (Å²) in [6, 6.07) is 5.66. The van der Waals surface area contributed by atoms with Crippen molar-refractivity contribution in [3.63, 3.8) is 0 Å². The smallest absolute Gasteiger partial charge is 0.123 e. The minimum absolute atomic E-state index is 0.175. The first-order valence-electron chi connectivity index (χ1n) is 6.43. The fourth-order valence-electron chi connectivity index (χ4n) is 2.10. The van der Waals surface area contributed by atoms with Gasteiger partial charge in [-0.2, -0.15) is 0 Å². The lowest BCUT2D eigenvalue weighted by molar-refractivity contribution is 0.199. The van der Waals surface area contributed by atoms with Crippen LogP contribution in [-0.4, -0.2) is 33.4 Å². The maximum atomic E-state index is 13.3. The van der Waals surface area contributed by atoms with E-state index in [2.05, 4.69) is 17.3 Å². The van der Waals surface area contributed by atoms with Crippen LogP contribution in [0.3, 0.4) is 0 Å². The second-order valence-electron chi connectivity index (χ2n) is 4.78. The van der Waals surface area contributed by atoms with Crippen molar-refractivity contribution in [3.05, 3.63) is 29.6 Å². The SMILES string of the molecule is COCCNCc1cc(F)ccc1N(C)C1CC1. The molecule has 0 bridgehead atoms. The minimum Gasteiger partial charge on any atom is -0.383 e. The third-order valence-corrected chi connectivity index (χ3v) is 3.31. The molecule has 1 fully saturated rings. The van der Waals surface area contributed by atoms with Gasteiger partial charge in [-0.15, -0.1) is 0 Å². The van der Waals surface area contributed by atoms with Crippen LogP contribution in [0.1, 0.15) is 18.4 Å². The number of hydrogen-bond donors (Lipinski definition) is 1. The molecule has 1 aromatic carbocycles. The second kappa shape index (κ2) is 6.16. The van der Waals surface area contributed by atoms with Crippen LogP contribution in [0.25, 0.3) is 0 Å². The van der Waals surface area contributed by atoms with Crippen molar-refractivity contribution in [1.29, 1.82) is 0 Å². The maximum Gasteiger partial charge on any atom is 0.123 e. The first-order chi connectivity index (χ1) is 8.72. The first kappa shape index (κ1) is 13.3. The molecule has 1 saturated carbocycles. The summed E-state index contributed by atoms with van der Waals surface area (Å²) >= 11 is 0. The number of nitrogens with one attached hydrogen (secondary N) is 1. The van der Waals surface area contributed by atoms with Gasteiger partial charge in [0, 0.05) is 39.0 Å². The summed E-state index contributed by atoms with van der Waals surface area (Å²) in [5.74, 6) is -0.175. The van der Waals surface area contributed by atoms with E-state index in [4.69, 9.17) is 4.74 Å². The van der Waals surface area contributed by atoms with E-state index in [1.54, 1.807) is 13.2 Å². The Kier molecular flexibility index (Phi) is 4.55. The molecule has 0 amide bonds. The number of benzene rings is 1. The van der Waals surface area contributed by atoms with Crippen LogP contribution in [-0.2, 0) is 11.3 Å². The van der Waals surface area contributed by atoms with Gasteiger partial charge in [0.2, 0.25) is 0 Å². The van der Waals surface area contributed by atoms with E-state index in [-0.39, 0.29) is 5.82 Å². The Hall–Kier alpha value is -1.13. The van der Waals surface area contributed by atoms with Gasteiger partial charge in [0.25, 0.3) is 0 Å². The van der Waals surface area contributed by atoms with Crippen LogP contribution in [0, 0.1) is 5.82 Å². The highest BCUT2D eigenvalue weighted by atomic mass is 19.1. The molecule has 1 N–H and O–H groups in total. The summed E-state index contributed by atoms with van der Waals surface area (Å²) in [4.78, 5) is 2.26. The van der Waals surface area contributed by atoms with Crippen LogP contribution in [0.15, 0.2) is 18.2 Å². The number of hydrogen-bond acceptors (Lipinski definition) is 3. The molecule has 0 spiro atoms. The zero-order valence-corrected chi connectivity index (χ0v) is 11.1. The van der Waals surface area contributed by atoms with Gasteiger partial charge >= 0.3 is 0 Å². The summed E-state index contributed by atoms with van der Waals surface area (Å²) in [7, 11) is 3.76. The molecule has 2 rings (SSSR count). The van der Waals surface area contributed by atoms with E-state index in [1.165, 1.54) is 18.9 Å². The van der Waals surface area contributed by atoms with Gasteiger partial charge in [0.05, 0.1) is 6.61 Å². The minimum atomic E-state index is -0.175. The predicted molar refractivity (Wildman–Crippen MR) is 71.4 cm³/mol. The summed E-state index contributed by atoms with van der Waals surface area (Å²) in [6.45, 7) is 2.12. The molecule has 1 aliphatic rings. The predicted octanol–water partition coefficient (Wildman–Crippen LogP) is 2.16. The van der Waals surface area contributed by atoms with Crippen molar-refractivity contribution in [2.24, 2.45) is 0 Å². The molecule has 0 unspecified atom stereocenters. The van der Waals surface area contributed by atoms with Crippen molar-refractivity contribution >= 4 is 5.69 Å². The van der Waals surface area contributed by atoms with E-state index in [0.29, 0.717) is 19.2 Å². The van der Waals surface area contributed by atoms with Crippen molar-refractivity contribution < 1.29 is 9.13 Å². The third-order valence-electron chi connectivity index (χ3n) is 3.31. The van der Waals surface area contributed by atoms with Gasteiger partial charge in [0.15, 0.2) is 0 Å². The normalized spacial score (nSPS) is 14.8. The molecule has 100 valence electrons.